The summed E-state index contributed by atoms with van der Waals surface area (Å²) < 4.78 is 5.40. The van der Waals surface area contributed by atoms with Gasteiger partial charge in [-0.1, -0.05) is 19.1 Å². The van der Waals surface area contributed by atoms with E-state index in [2.05, 4.69) is 40.0 Å². The van der Waals surface area contributed by atoms with Gasteiger partial charge < -0.3 is 24.4 Å². The normalized spacial score (nSPS) is 27.6. The first kappa shape index (κ1) is 23.3. The second-order valence-corrected chi connectivity index (χ2v) is 10.0. The average molecular weight is 468 g/mol. The van der Waals surface area contributed by atoms with Gasteiger partial charge in [-0.05, 0) is 56.7 Å². The van der Waals surface area contributed by atoms with Crippen LogP contribution >= 0.6 is 0 Å². The van der Waals surface area contributed by atoms with Gasteiger partial charge in [0.25, 0.3) is 5.56 Å². The quantitative estimate of drug-likeness (QED) is 0.691. The number of rotatable bonds is 6. The van der Waals surface area contributed by atoms with E-state index in [0.717, 1.165) is 18.7 Å². The molecule has 0 aromatic carbocycles. The van der Waals surface area contributed by atoms with Crippen LogP contribution in [0.15, 0.2) is 34.8 Å². The lowest BCUT2D eigenvalue weighted by Crippen LogP contribution is -2.41. The summed E-state index contributed by atoms with van der Waals surface area (Å²) in [6.07, 6.45) is 11.5. The van der Waals surface area contributed by atoms with Crippen LogP contribution < -0.4 is 10.5 Å². The first-order valence-electron chi connectivity index (χ1n) is 13.0. The predicted octanol–water partition coefficient (Wildman–Crippen LogP) is 2.19. The van der Waals surface area contributed by atoms with E-state index in [-0.39, 0.29) is 17.9 Å². The lowest BCUT2D eigenvalue weighted by atomic mass is 9.74. The number of aromatic amines is 1. The molecule has 1 aromatic heterocycles. The second kappa shape index (κ2) is 10.4. The standard InChI is InChI=1S/C26H37N5O3/c1-2-9-29-10-4-5-19(18-29)20-6-3-7-22-21(20)8-11-31(22)26(33)16-23-27-24(17-25(32)28-23)30-12-14-34-15-13-30/h3,6-7,17,19-21H,2,4-5,8-16,18H2,1H3,(H,27,28,32). The fraction of sp³-hybridized carbons (Fsp3) is 0.654. The number of likely N-dealkylation sites (tertiary alicyclic amines) is 2. The highest BCUT2D eigenvalue weighted by molar-refractivity contribution is 5.80. The molecule has 4 aliphatic rings. The van der Waals surface area contributed by atoms with Gasteiger partial charge in [-0.15, -0.1) is 0 Å². The number of aromatic nitrogens is 2. The number of piperidine rings is 1. The Morgan fingerprint density at radius 2 is 2.06 bits per heavy atom. The second-order valence-electron chi connectivity index (χ2n) is 10.0. The van der Waals surface area contributed by atoms with Gasteiger partial charge in [-0.3, -0.25) is 9.59 Å². The zero-order chi connectivity index (χ0) is 23.5. The molecule has 3 saturated heterocycles. The molecule has 3 aliphatic heterocycles. The Balaban J connectivity index is 1.26. The number of carbonyl (C=O) groups is 1. The molecule has 8 heteroatoms. The van der Waals surface area contributed by atoms with Crippen LogP contribution in [0.4, 0.5) is 5.82 Å². The Kier molecular flexibility index (Phi) is 7.15. The van der Waals surface area contributed by atoms with Crippen molar-refractivity contribution in [3.63, 3.8) is 0 Å². The molecular weight excluding hydrogens is 430 g/mol. The van der Waals surface area contributed by atoms with Crippen molar-refractivity contribution < 1.29 is 9.53 Å². The van der Waals surface area contributed by atoms with Crippen LogP contribution in [0.25, 0.3) is 0 Å². The number of anilines is 1. The van der Waals surface area contributed by atoms with E-state index in [9.17, 15) is 9.59 Å². The summed E-state index contributed by atoms with van der Waals surface area (Å²) in [4.78, 5) is 39.6. The smallest absolute Gasteiger partial charge is 0.252 e. The summed E-state index contributed by atoms with van der Waals surface area (Å²) in [5.74, 6) is 2.65. The lowest BCUT2D eigenvalue weighted by Gasteiger charge is -2.39. The van der Waals surface area contributed by atoms with Gasteiger partial charge in [-0.25, -0.2) is 4.98 Å². The van der Waals surface area contributed by atoms with Crippen molar-refractivity contribution in [2.45, 2.75) is 39.0 Å². The highest BCUT2D eigenvalue weighted by Crippen LogP contribution is 2.43. The Labute approximate surface area is 201 Å². The molecule has 3 atom stereocenters. The molecule has 1 aliphatic carbocycles. The molecule has 0 spiro atoms. The van der Waals surface area contributed by atoms with Gasteiger partial charge in [0.1, 0.15) is 11.6 Å². The van der Waals surface area contributed by atoms with Crippen molar-refractivity contribution in [2.24, 2.45) is 17.8 Å². The minimum Gasteiger partial charge on any atom is -0.378 e. The predicted molar refractivity (Wildman–Crippen MR) is 132 cm³/mol. The SMILES string of the molecule is CCCN1CCCC(C2C=CC=C3C2CCN3C(=O)Cc2nc(N3CCOCC3)cc(=O)[nH]2)C1. The number of amides is 1. The van der Waals surface area contributed by atoms with E-state index in [1.54, 1.807) is 0 Å². The molecule has 184 valence electrons. The molecule has 1 aromatic rings. The Hall–Kier alpha value is -2.45. The van der Waals surface area contributed by atoms with E-state index in [4.69, 9.17) is 4.74 Å². The number of fused-ring (bicyclic) bond motifs is 1. The molecule has 0 saturated carbocycles. The van der Waals surface area contributed by atoms with Crippen molar-refractivity contribution in [3.05, 3.63) is 46.2 Å². The topological polar surface area (TPSA) is 81.8 Å². The van der Waals surface area contributed by atoms with Crippen molar-refractivity contribution >= 4 is 11.7 Å². The van der Waals surface area contributed by atoms with E-state index in [1.807, 2.05) is 9.80 Å². The minimum absolute atomic E-state index is 0.0151. The minimum atomic E-state index is -0.215. The number of H-pyrrole nitrogens is 1. The molecule has 0 bridgehead atoms. The van der Waals surface area contributed by atoms with Crippen molar-refractivity contribution in [2.75, 3.05) is 57.4 Å². The van der Waals surface area contributed by atoms with Crippen LogP contribution in [-0.4, -0.2) is 78.2 Å². The number of carbonyl (C=O) groups excluding carboxylic acids is 1. The van der Waals surface area contributed by atoms with E-state index < -0.39 is 0 Å². The molecule has 1 amide bonds. The van der Waals surface area contributed by atoms with Crippen molar-refractivity contribution in [3.8, 4) is 0 Å². The van der Waals surface area contributed by atoms with Crippen molar-refractivity contribution in [1.82, 2.24) is 19.8 Å². The number of morpholine rings is 1. The Morgan fingerprint density at radius 3 is 2.88 bits per heavy atom. The monoisotopic (exact) mass is 467 g/mol. The zero-order valence-corrected chi connectivity index (χ0v) is 20.2. The summed E-state index contributed by atoms with van der Waals surface area (Å²) in [5, 5.41) is 0. The lowest BCUT2D eigenvalue weighted by molar-refractivity contribution is -0.128. The zero-order valence-electron chi connectivity index (χ0n) is 20.2. The molecule has 3 unspecified atom stereocenters. The molecule has 3 fully saturated rings. The third kappa shape index (κ3) is 4.98. The Morgan fingerprint density at radius 1 is 1.21 bits per heavy atom. The van der Waals surface area contributed by atoms with Crippen LogP contribution in [-0.2, 0) is 16.0 Å². The van der Waals surface area contributed by atoms with Gasteiger partial charge in [0, 0.05) is 43.9 Å². The van der Waals surface area contributed by atoms with Gasteiger partial charge >= 0.3 is 0 Å². The van der Waals surface area contributed by atoms with E-state index in [0.29, 0.717) is 55.7 Å². The van der Waals surface area contributed by atoms with Gasteiger partial charge in [-0.2, -0.15) is 0 Å². The van der Waals surface area contributed by atoms with Crippen LogP contribution in [0, 0.1) is 17.8 Å². The summed E-state index contributed by atoms with van der Waals surface area (Å²) in [6, 6.07) is 1.51. The number of nitrogens with zero attached hydrogens (tertiary/aromatic N) is 4. The number of hydrogen-bond donors (Lipinski definition) is 1. The number of allylic oxidation sites excluding steroid dienone is 4. The van der Waals surface area contributed by atoms with E-state index in [1.165, 1.54) is 45.0 Å². The van der Waals surface area contributed by atoms with Crippen LogP contribution in [0.5, 0.6) is 0 Å². The molecule has 1 N–H and O–H groups in total. The van der Waals surface area contributed by atoms with Crippen LogP contribution in [0.1, 0.15) is 38.4 Å². The number of ether oxygens (including phenoxy) is 1. The molecule has 34 heavy (non-hydrogen) atoms. The molecule has 0 radical (unpaired) electrons. The fourth-order valence-corrected chi connectivity index (χ4v) is 6.22. The maximum absolute atomic E-state index is 13.3. The molecule has 5 rings (SSSR count). The number of hydrogen-bond acceptors (Lipinski definition) is 6. The van der Waals surface area contributed by atoms with Gasteiger partial charge in [0.15, 0.2) is 0 Å². The summed E-state index contributed by atoms with van der Waals surface area (Å²) in [7, 11) is 0. The fourth-order valence-electron chi connectivity index (χ4n) is 6.22. The molecule has 4 heterocycles. The first-order valence-corrected chi connectivity index (χ1v) is 13.0. The number of nitrogens with one attached hydrogen (secondary N) is 1. The highest BCUT2D eigenvalue weighted by Gasteiger charge is 2.40. The molecule has 8 nitrogen and oxygen atoms in total. The Bertz CT molecular complexity index is 994. The van der Waals surface area contributed by atoms with Gasteiger partial charge in [0.2, 0.25) is 5.91 Å². The first-order chi connectivity index (χ1) is 16.6. The van der Waals surface area contributed by atoms with Gasteiger partial charge in [0.05, 0.1) is 19.6 Å². The maximum Gasteiger partial charge on any atom is 0.252 e. The van der Waals surface area contributed by atoms with Crippen LogP contribution in [0.2, 0.25) is 0 Å². The highest BCUT2D eigenvalue weighted by atomic mass is 16.5. The summed E-state index contributed by atoms with van der Waals surface area (Å²) >= 11 is 0. The third-order valence-electron chi connectivity index (χ3n) is 7.78. The average Bonchev–Trinajstić information content (AvgIpc) is 3.29. The summed E-state index contributed by atoms with van der Waals surface area (Å²) in [5.41, 5.74) is 0.934. The largest absolute Gasteiger partial charge is 0.378 e. The van der Waals surface area contributed by atoms with Crippen LogP contribution in [0.3, 0.4) is 0 Å². The molecular formula is C26H37N5O3. The maximum atomic E-state index is 13.3. The van der Waals surface area contributed by atoms with E-state index >= 15 is 0 Å². The third-order valence-corrected chi connectivity index (χ3v) is 7.78. The summed E-state index contributed by atoms with van der Waals surface area (Å²) in [6.45, 7) is 9.21. The van der Waals surface area contributed by atoms with Crippen molar-refractivity contribution in [1.29, 1.82) is 0 Å².